The average molecular weight is 569 g/mol. The second-order valence-corrected chi connectivity index (χ2v) is 13.2. The Morgan fingerprint density at radius 2 is 1.78 bits per heavy atom. The molecule has 0 fully saturated rings. The predicted molar refractivity (Wildman–Crippen MR) is 147 cm³/mol. The van der Waals surface area contributed by atoms with E-state index in [1.807, 2.05) is 65.4 Å². The second kappa shape index (κ2) is 9.49. The van der Waals surface area contributed by atoms with Crippen LogP contribution >= 0.6 is 57.1 Å². The Labute approximate surface area is 226 Å². The van der Waals surface area contributed by atoms with Crippen LogP contribution in [0.4, 0.5) is 5.69 Å². The third-order valence-electron chi connectivity index (χ3n) is 5.56. The first-order valence-electron chi connectivity index (χ1n) is 10.7. The Bertz CT molecular complexity index is 1630. The number of carbonyl (C=O) groups excluding carboxylic acids is 1. The number of benzene rings is 1. The highest BCUT2D eigenvalue weighted by molar-refractivity contribution is 8.05. The van der Waals surface area contributed by atoms with E-state index >= 15 is 0 Å². The maximum Gasteiger partial charge on any atom is 0.370 e. The second-order valence-electron chi connectivity index (χ2n) is 7.88. The molecule has 0 bridgehead atoms. The lowest BCUT2D eigenvalue weighted by Crippen LogP contribution is -2.39. The Morgan fingerprint density at radius 1 is 1.00 bits per heavy atom. The van der Waals surface area contributed by atoms with E-state index in [0.29, 0.717) is 0 Å². The highest BCUT2D eigenvalue weighted by Gasteiger charge is 2.31. The van der Waals surface area contributed by atoms with Gasteiger partial charge in [0.25, 0.3) is 5.01 Å². The summed E-state index contributed by atoms with van der Waals surface area (Å²) in [6, 6.07) is 16.2. The number of anilines is 1. The van der Waals surface area contributed by atoms with Gasteiger partial charge in [0.1, 0.15) is 4.70 Å². The molecule has 36 heavy (non-hydrogen) atoms. The molecule has 4 aromatic heterocycles. The lowest BCUT2D eigenvalue weighted by molar-refractivity contribution is -0.657. The molecule has 1 N–H and O–H groups in total. The van der Waals surface area contributed by atoms with Crippen molar-refractivity contribution in [3.63, 3.8) is 0 Å². The largest absolute Gasteiger partial charge is 0.548 e. The molecule has 11 heteroatoms. The van der Waals surface area contributed by atoms with Crippen LogP contribution in [0.1, 0.15) is 5.01 Å². The summed E-state index contributed by atoms with van der Waals surface area (Å²) in [7, 11) is 0. The molecule has 0 saturated carbocycles. The number of thiazole rings is 1. The molecular formula is C25H16N2O4S5. The number of aliphatic carboxylic acids is 2. The van der Waals surface area contributed by atoms with Crippen LogP contribution in [0.25, 0.3) is 36.5 Å². The van der Waals surface area contributed by atoms with Crippen molar-refractivity contribution in [1.82, 2.24) is 0 Å². The fourth-order valence-electron chi connectivity index (χ4n) is 4.04. The standard InChI is InChI=1S/C25H16N2O4S5/c28-23(29)12-26-15-9-14(17-3-1-7-32-17)5-6-18(15)34-21(26)11-22-27(13-24(30)31)16-10-20(35-25(16)36-22)19-4-2-8-33-19/h1-11H,12-13H2,(H-,28,29,30,31). The first kappa shape index (κ1) is 23.4. The summed E-state index contributed by atoms with van der Waals surface area (Å²) in [6.45, 7) is -0.471. The number of nitrogens with zero attached hydrogens (tertiary/aromatic N) is 2. The summed E-state index contributed by atoms with van der Waals surface area (Å²) in [5.41, 5.74) is 2.71. The molecule has 5 heterocycles. The van der Waals surface area contributed by atoms with Gasteiger partial charge in [0.05, 0.1) is 33.5 Å². The zero-order valence-electron chi connectivity index (χ0n) is 18.4. The van der Waals surface area contributed by atoms with Crippen LogP contribution in [0, 0.1) is 0 Å². The van der Waals surface area contributed by atoms with Crippen molar-refractivity contribution in [2.75, 3.05) is 11.4 Å². The average Bonchev–Trinajstić information content (AvgIpc) is 3.65. The zero-order chi connectivity index (χ0) is 24.8. The van der Waals surface area contributed by atoms with Crippen molar-refractivity contribution < 1.29 is 24.4 Å². The first-order valence-corrected chi connectivity index (χ1v) is 14.9. The van der Waals surface area contributed by atoms with Crippen LogP contribution in [0.2, 0.25) is 0 Å². The van der Waals surface area contributed by atoms with Crippen molar-refractivity contribution >= 4 is 91.0 Å². The van der Waals surface area contributed by atoms with Gasteiger partial charge in [-0.3, -0.25) is 0 Å². The Kier molecular flexibility index (Phi) is 6.18. The number of fused-ring (bicyclic) bond motifs is 2. The Morgan fingerprint density at radius 3 is 2.47 bits per heavy atom. The van der Waals surface area contributed by atoms with Crippen LogP contribution < -0.4 is 14.6 Å². The molecule has 1 aliphatic heterocycles. The van der Waals surface area contributed by atoms with Crippen molar-refractivity contribution in [2.24, 2.45) is 0 Å². The molecule has 6 nitrogen and oxygen atoms in total. The van der Waals surface area contributed by atoms with E-state index in [1.165, 1.54) is 23.1 Å². The van der Waals surface area contributed by atoms with Crippen molar-refractivity contribution in [3.05, 3.63) is 69.3 Å². The monoisotopic (exact) mass is 568 g/mol. The Balaban J connectivity index is 1.44. The van der Waals surface area contributed by atoms with Crippen LogP contribution in [0.5, 0.6) is 0 Å². The van der Waals surface area contributed by atoms with Crippen molar-refractivity contribution in [2.45, 2.75) is 10.8 Å². The molecule has 0 atom stereocenters. The highest BCUT2D eigenvalue weighted by atomic mass is 32.2. The number of carboxylic acids is 2. The normalized spacial score (nSPS) is 14.1. The first-order chi connectivity index (χ1) is 17.5. The number of hydrogen-bond acceptors (Lipinski definition) is 9. The minimum Gasteiger partial charge on any atom is -0.548 e. The molecule has 1 aromatic carbocycles. The molecule has 0 radical (unpaired) electrons. The summed E-state index contributed by atoms with van der Waals surface area (Å²) in [5.74, 6) is -2.11. The molecule has 0 unspecified atom stereocenters. The zero-order valence-corrected chi connectivity index (χ0v) is 22.5. The van der Waals surface area contributed by atoms with Gasteiger partial charge in [-0.1, -0.05) is 41.3 Å². The minimum atomic E-state index is -1.17. The molecule has 0 spiro atoms. The van der Waals surface area contributed by atoms with Gasteiger partial charge in [-0.15, -0.1) is 34.0 Å². The van der Waals surface area contributed by atoms with Crippen LogP contribution in [0.3, 0.4) is 0 Å². The van der Waals surface area contributed by atoms with E-state index in [0.717, 1.165) is 50.3 Å². The van der Waals surface area contributed by atoms with Crippen molar-refractivity contribution in [1.29, 1.82) is 0 Å². The fourth-order valence-corrected chi connectivity index (χ4v) is 9.24. The Hall–Kier alpha value is -2.96. The van der Waals surface area contributed by atoms with Crippen LogP contribution in [-0.4, -0.2) is 23.6 Å². The number of carboxylic acid groups (broad SMARTS) is 2. The number of thiophene rings is 3. The van der Waals surface area contributed by atoms with Gasteiger partial charge in [-0.05, 0) is 40.6 Å². The van der Waals surface area contributed by atoms with Gasteiger partial charge in [0.2, 0.25) is 12.1 Å². The van der Waals surface area contributed by atoms with Crippen molar-refractivity contribution in [3.8, 4) is 20.2 Å². The van der Waals surface area contributed by atoms with Gasteiger partial charge in [-0.2, -0.15) is 4.57 Å². The van der Waals surface area contributed by atoms with Gasteiger partial charge in [0.15, 0.2) is 0 Å². The summed E-state index contributed by atoms with van der Waals surface area (Å²) < 4.78 is 3.76. The molecule has 1 aliphatic rings. The number of hydrogen-bond donors (Lipinski definition) is 1. The third-order valence-corrected chi connectivity index (χ3v) is 11.0. The van der Waals surface area contributed by atoms with E-state index in [4.69, 9.17) is 0 Å². The number of carbonyl (C=O) groups is 2. The molecule has 0 saturated heterocycles. The summed E-state index contributed by atoms with van der Waals surface area (Å²) in [6.07, 6.45) is 1.89. The number of aromatic nitrogens is 1. The van der Waals surface area contributed by atoms with E-state index in [2.05, 4.69) is 0 Å². The quantitative estimate of drug-likeness (QED) is 0.263. The third kappa shape index (κ3) is 4.37. The smallest absolute Gasteiger partial charge is 0.370 e. The van der Waals surface area contributed by atoms with E-state index in [-0.39, 0.29) is 13.1 Å². The maximum absolute atomic E-state index is 11.8. The molecule has 180 valence electrons. The van der Waals surface area contributed by atoms with Gasteiger partial charge < -0.3 is 19.9 Å². The lowest BCUT2D eigenvalue weighted by Gasteiger charge is -2.19. The summed E-state index contributed by atoms with van der Waals surface area (Å²) in [5, 5.41) is 26.8. The fraction of sp³-hybridized carbons (Fsp3) is 0.0800. The topological polar surface area (TPSA) is 84.5 Å². The lowest BCUT2D eigenvalue weighted by atomic mass is 10.2. The molecule has 6 rings (SSSR count). The molecule has 5 aromatic rings. The summed E-state index contributed by atoms with van der Waals surface area (Å²) >= 11 is 7.90. The van der Waals surface area contributed by atoms with E-state index in [9.17, 15) is 19.8 Å². The minimum absolute atomic E-state index is 0.192. The number of thioether (sulfide) groups is 1. The van der Waals surface area contributed by atoms with Gasteiger partial charge in [0, 0.05) is 20.7 Å². The van der Waals surface area contributed by atoms with Gasteiger partial charge >= 0.3 is 5.97 Å². The molecule has 0 aliphatic carbocycles. The highest BCUT2D eigenvalue weighted by Crippen LogP contribution is 2.53. The predicted octanol–water partition coefficient (Wildman–Crippen LogP) is 5.45. The van der Waals surface area contributed by atoms with E-state index in [1.54, 1.807) is 43.5 Å². The summed E-state index contributed by atoms with van der Waals surface area (Å²) in [4.78, 5) is 28.5. The SMILES string of the molecule is O=C([O-])CN1C(=Cc2sc3ccc(-c4cccs4)cc3[n+]2CC(=O)O)Sc2sc(-c3cccs3)cc21. The number of rotatable bonds is 7. The molecule has 0 amide bonds. The van der Waals surface area contributed by atoms with E-state index < -0.39 is 11.9 Å². The van der Waals surface area contributed by atoms with Gasteiger partial charge in [-0.25, -0.2) is 4.79 Å². The maximum atomic E-state index is 11.8. The van der Waals surface area contributed by atoms with Crippen LogP contribution in [-0.2, 0) is 16.1 Å². The van der Waals surface area contributed by atoms with Crippen LogP contribution in [0.15, 0.2) is 68.5 Å². The molecular weight excluding hydrogens is 553 g/mol.